The van der Waals surface area contributed by atoms with E-state index in [4.69, 9.17) is 9.47 Å². The number of benzene rings is 3. The van der Waals surface area contributed by atoms with Crippen molar-refractivity contribution in [2.45, 2.75) is 19.2 Å². The smallest absolute Gasteiger partial charge is 0.231 e. The van der Waals surface area contributed by atoms with Gasteiger partial charge in [0.1, 0.15) is 45.4 Å². The third-order valence-electron chi connectivity index (χ3n) is 7.21. The SMILES string of the molecule is OC(Cn1c2ccccc2c2cc(Br)ccc21)C[NH+]1CC[NH+](Cc2ccc3c(c2)OCO3)CC1. The van der Waals surface area contributed by atoms with Crippen molar-refractivity contribution in [3.05, 3.63) is 70.7 Å². The molecule has 1 unspecified atom stereocenters. The zero-order chi connectivity index (χ0) is 23.1. The van der Waals surface area contributed by atoms with Gasteiger partial charge in [-0.15, -0.1) is 0 Å². The number of aliphatic hydroxyl groups excluding tert-OH is 1. The van der Waals surface area contributed by atoms with E-state index in [9.17, 15) is 5.11 Å². The number of hydrogen-bond donors (Lipinski definition) is 3. The van der Waals surface area contributed by atoms with Crippen LogP contribution < -0.4 is 19.3 Å². The van der Waals surface area contributed by atoms with Crippen LogP contribution in [0.3, 0.4) is 0 Å². The van der Waals surface area contributed by atoms with Crippen molar-refractivity contribution in [3.8, 4) is 11.5 Å². The van der Waals surface area contributed by atoms with E-state index in [2.05, 4.69) is 75.1 Å². The summed E-state index contributed by atoms with van der Waals surface area (Å²) in [4.78, 5) is 3.08. The molecule has 0 saturated carbocycles. The maximum Gasteiger partial charge on any atom is 0.231 e. The number of rotatable bonds is 6. The maximum atomic E-state index is 11.1. The van der Waals surface area contributed by atoms with E-state index in [-0.39, 0.29) is 6.10 Å². The summed E-state index contributed by atoms with van der Waals surface area (Å²) in [7, 11) is 0. The van der Waals surface area contributed by atoms with Crippen LogP contribution in [-0.2, 0) is 13.1 Å². The van der Waals surface area contributed by atoms with Crippen molar-refractivity contribution in [2.24, 2.45) is 0 Å². The second-order valence-corrected chi connectivity index (χ2v) is 10.4. The van der Waals surface area contributed by atoms with Gasteiger partial charge in [0.2, 0.25) is 6.79 Å². The first-order valence-electron chi connectivity index (χ1n) is 12.0. The molecule has 0 spiro atoms. The van der Waals surface area contributed by atoms with E-state index in [0.29, 0.717) is 13.3 Å². The Kier molecular flexibility index (Phi) is 5.95. The standard InChI is InChI=1S/C27H28BrN3O3/c28-20-6-7-25-23(14-20)22-3-1-2-4-24(22)31(25)17-21(32)16-30-11-9-29(10-12-30)15-19-5-8-26-27(13-19)34-18-33-26/h1-8,13-14,21,32H,9-12,15-18H2/p+2. The predicted octanol–water partition coefficient (Wildman–Crippen LogP) is 1.63. The molecule has 7 heteroatoms. The van der Waals surface area contributed by atoms with Crippen LogP contribution in [0.1, 0.15) is 5.56 Å². The summed E-state index contributed by atoms with van der Waals surface area (Å²) < 4.78 is 14.3. The molecular weight excluding hydrogens is 494 g/mol. The minimum Gasteiger partial charge on any atom is -0.454 e. The van der Waals surface area contributed by atoms with Crippen LogP contribution in [0.25, 0.3) is 21.8 Å². The van der Waals surface area contributed by atoms with Crippen LogP contribution in [0.5, 0.6) is 11.5 Å². The Hall–Kier alpha value is -2.58. The van der Waals surface area contributed by atoms with E-state index in [1.54, 1.807) is 4.90 Å². The fraction of sp³-hybridized carbons (Fsp3) is 0.333. The highest BCUT2D eigenvalue weighted by Crippen LogP contribution is 2.32. The summed E-state index contributed by atoms with van der Waals surface area (Å²) in [6, 6.07) is 21.2. The summed E-state index contributed by atoms with van der Waals surface area (Å²) >= 11 is 3.61. The number of quaternary nitrogens is 2. The Bertz CT molecular complexity index is 1330. The van der Waals surface area contributed by atoms with E-state index in [1.807, 2.05) is 6.07 Å². The van der Waals surface area contributed by atoms with Crippen LogP contribution >= 0.6 is 15.9 Å². The second-order valence-electron chi connectivity index (χ2n) is 9.51. The highest BCUT2D eigenvalue weighted by molar-refractivity contribution is 9.10. The van der Waals surface area contributed by atoms with Gasteiger partial charge in [0, 0.05) is 31.8 Å². The first-order chi connectivity index (χ1) is 16.6. The number of halogens is 1. The number of para-hydroxylation sites is 1. The lowest BCUT2D eigenvalue weighted by Crippen LogP contribution is -3.28. The highest BCUT2D eigenvalue weighted by Gasteiger charge is 2.26. The molecule has 0 aliphatic carbocycles. The van der Waals surface area contributed by atoms with Crippen molar-refractivity contribution < 1.29 is 24.4 Å². The molecule has 34 heavy (non-hydrogen) atoms. The van der Waals surface area contributed by atoms with Crippen LogP contribution in [0.15, 0.2) is 65.1 Å². The zero-order valence-corrected chi connectivity index (χ0v) is 20.7. The molecule has 1 saturated heterocycles. The number of ether oxygens (including phenoxy) is 2. The normalized spacial score (nSPS) is 20.8. The van der Waals surface area contributed by atoms with E-state index < -0.39 is 0 Å². The largest absolute Gasteiger partial charge is 0.454 e. The molecule has 6 rings (SSSR count). The lowest BCUT2D eigenvalue weighted by atomic mass is 10.1. The van der Waals surface area contributed by atoms with Gasteiger partial charge in [0.05, 0.1) is 6.54 Å². The van der Waals surface area contributed by atoms with E-state index >= 15 is 0 Å². The van der Waals surface area contributed by atoms with Crippen molar-refractivity contribution in [3.63, 3.8) is 0 Å². The molecule has 4 aromatic rings. The van der Waals surface area contributed by atoms with Gasteiger partial charge in [-0.2, -0.15) is 0 Å². The molecule has 176 valence electrons. The van der Waals surface area contributed by atoms with Crippen molar-refractivity contribution >= 4 is 37.7 Å². The number of piperazine rings is 1. The zero-order valence-electron chi connectivity index (χ0n) is 19.1. The quantitative estimate of drug-likeness (QED) is 0.360. The Morgan fingerprint density at radius 3 is 2.50 bits per heavy atom. The molecule has 1 fully saturated rings. The topological polar surface area (TPSA) is 52.5 Å². The van der Waals surface area contributed by atoms with Gasteiger partial charge in [-0.3, -0.25) is 0 Å². The minimum absolute atomic E-state index is 0.322. The first kappa shape index (κ1) is 21.9. The maximum absolute atomic E-state index is 11.1. The van der Waals surface area contributed by atoms with Gasteiger partial charge in [-0.1, -0.05) is 34.1 Å². The number of hydrogen-bond acceptors (Lipinski definition) is 3. The summed E-state index contributed by atoms with van der Waals surface area (Å²) in [6.07, 6.45) is -0.381. The molecule has 1 atom stereocenters. The molecule has 2 aliphatic rings. The third-order valence-corrected chi connectivity index (χ3v) is 7.70. The van der Waals surface area contributed by atoms with Gasteiger partial charge in [0.25, 0.3) is 0 Å². The molecule has 2 aliphatic heterocycles. The number of fused-ring (bicyclic) bond motifs is 4. The van der Waals surface area contributed by atoms with Crippen molar-refractivity contribution in [1.29, 1.82) is 0 Å². The summed E-state index contributed by atoms with van der Waals surface area (Å²) in [5.41, 5.74) is 3.65. The average molecular weight is 524 g/mol. The molecule has 0 amide bonds. The van der Waals surface area contributed by atoms with Crippen LogP contribution in [0, 0.1) is 0 Å². The second kappa shape index (κ2) is 9.23. The van der Waals surface area contributed by atoms with Gasteiger partial charge in [-0.05, 0) is 42.5 Å². The van der Waals surface area contributed by atoms with E-state index in [1.165, 1.54) is 32.3 Å². The Labute approximate surface area is 207 Å². The Balaban J connectivity index is 1.08. The van der Waals surface area contributed by atoms with Crippen LogP contribution in [-0.4, -0.2) is 55.3 Å². The summed E-state index contributed by atoms with van der Waals surface area (Å²) in [5, 5.41) is 13.5. The van der Waals surface area contributed by atoms with Gasteiger partial charge >= 0.3 is 0 Å². The fourth-order valence-corrected chi connectivity index (χ4v) is 5.87. The number of aliphatic hydroxyl groups is 1. The summed E-state index contributed by atoms with van der Waals surface area (Å²) in [6.45, 7) is 7.10. The lowest BCUT2D eigenvalue weighted by Gasteiger charge is -2.31. The monoisotopic (exact) mass is 523 g/mol. The van der Waals surface area contributed by atoms with Crippen LogP contribution in [0.2, 0.25) is 0 Å². The molecular formula is C27H30BrN3O3+2. The fourth-order valence-electron chi connectivity index (χ4n) is 5.51. The first-order valence-corrected chi connectivity index (χ1v) is 12.8. The van der Waals surface area contributed by atoms with Crippen molar-refractivity contribution in [2.75, 3.05) is 39.5 Å². The molecule has 3 heterocycles. The number of aromatic nitrogens is 1. The number of nitrogens with zero attached hydrogens (tertiary/aromatic N) is 1. The predicted molar refractivity (Wildman–Crippen MR) is 136 cm³/mol. The van der Waals surface area contributed by atoms with Crippen LogP contribution in [0.4, 0.5) is 0 Å². The van der Waals surface area contributed by atoms with Gasteiger partial charge < -0.3 is 28.9 Å². The molecule has 1 aromatic heterocycles. The molecule has 3 N–H and O–H groups in total. The van der Waals surface area contributed by atoms with Gasteiger partial charge in [0.15, 0.2) is 11.5 Å². The minimum atomic E-state index is -0.381. The summed E-state index contributed by atoms with van der Waals surface area (Å²) in [5.74, 6) is 1.71. The van der Waals surface area contributed by atoms with Crippen molar-refractivity contribution in [1.82, 2.24) is 4.57 Å². The molecule has 0 radical (unpaired) electrons. The van der Waals surface area contributed by atoms with E-state index in [0.717, 1.165) is 55.2 Å². The average Bonchev–Trinajstić information content (AvgIpc) is 3.43. The molecule has 3 aromatic carbocycles. The third kappa shape index (κ3) is 4.29. The lowest BCUT2D eigenvalue weighted by molar-refractivity contribution is -1.02. The molecule has 6 nitrogen and oxygen atoms in total. The van der Waals surface area contributed by atoms with Gasteiger partial charge in [-0.25, -0.2) is 0 Å². The molecule has 0 bridgehead atoms. The number of nitrogens with one attached hydrogen (secondary N) is 2. The highest BCUT2D eigenvalue weighted by atomic mass is 79.9. The Morgan fingerprint density at radius 2 is 1.62 bits per heavy atom. The Morgan fingerprint density at radius 1 is 0.853 bits per heavy atom.